The highest BCUT2D eigenvalue weighted by atomic mass is 16.6. The van der Waals surface area contributed by atoms with E-state index in [4.69, 9.17) is 4.42 Å². The summed E-state index contributed by atoms with van der Waals surface area (Å²) >= 11 is 0. The monoisotopic (exact) mass is 313 g/mol. The van der Waals surface area contributed by atoms with E-state index in [1.165, 1.54) is 18.2 Å². The minimum Gasteiger partial charge on any atom is -0.457 e. The van der Waals surface area contributed by atoms with Crippen molar-refractivity contribution in [2.24, 2.45) is 0 Å². The predicted molar refractivity (Wildman–Crippen MR) is 80.2 cm³/mol. The fourth-order valence-electron chi connectivity index (χ4n) is 2.24. The van der Waals surface area contributed by atoms with Crippen LogP contribution in [0.5, 0.6) is 0 Å². The summed E-state index contributed by atoms with van der Waals surface area (Å²) in [6, 6.07) is 7.21. The third-order valence-corrected chi connectivity index (χ3v) is 3.32. The van der Waals surface area contributed by atoms with Gasteiger partial charge in [-0.3, -0.25) is 20.2 Å². The SMILES string of the molecule is Cc1cc([N+](=O)[O-])ccc1-c1ccc(C=C2NC(=O)NC2=O)o1. The number of nitrogens with zero attached hydrogens (tertiary/aromatic N) is 1. The number of nitrogens with one attached hydrogen (secondary N) is 2. The molecule has 23 heavy (non-hydrogen) atoms. The number of hydrogen-bond acceptors (Lipinski definition) is 5. The van der Waals surface area contributed by atoms with Crippen LogP contribution in [0, 0.1) is 17.0 Å². The Bertz CT molecular complexity index is 866. The Morgan fingerprint density at radius 3 is 2.57 bits per heavy atom. The summed E-state index contributed by atoms with van der Waals surface area (Å²) in [6.45, 7) is 1.74. The van der Waals surface area contributed by atoms with Crippen LogP contribution in [-0.2, 0) is 4.79 Å². The molecule has 1 fully saturated rings. The molecule has 8 nitrogen and oxygen atoms in total. The lowest BCUT2D eigenvalue weighted by atomic mass is 10.1. The van der Waals surface area contributed by atoms with Crippen LogP contribution < -0.4 is 10.6 Å². The standard InChI is InChI=1S/C15H11N3O5/c1-8-6-9(18(21)22)2-4-11(8)13-5-3-10(23-13)7-12-14(19)17-15(20)16-12/h2-7H,1H3,(H2,16,17,19,20). The Hall–Kier alpha value is -3.42. The Labute approximate surface area is 129 Å². The number of carbonyl (C=O) groups excluding carboxylic acids is 2. The van der Waals surface area contributed by atoms with Crippen LogP contribution in [0.2, 0.25) is 0 Å². The normalized spacial score (nSPS) is 15.6. The fourth-order valence-corrected chi connectivity index (χ4v) is 2.24. The molecule has 0 aliphatic carbocycles. The second kappa shape index (κ2) is 5.41. The Morgan fingerprint density at radius 1 is 1.17 bits per heavy atom. The number of hydrogen-bond donors (Lipinski definition) is 2. The van der Waals surface area contributed by atoms with E-state index in [0.717, 1.165) is 0 Å². The Kier molecular flexibility index (Phi) is 3.41. The molecule has 116 valence electrons. The van der Waals surface area contributed by atoms with Gasteiger partial charge in [0.05, 0.1) is 4.92 Å². The molecular weight excluding hydrogens is 302 g/mol. The van der Waals surface area contributed by atoms with Crippen molar-refractivity contribution >= 4 is 23.7 Å². The lowest BCUT2D eigenvalue weighted by Crippen LogP contribution is -2.22. The van der Waals surface area contributed by atoms with E-state index in [1.807, 2.05) is 0 Å². The molecule has 0 spiro atoms. The van der Waals surface area contributed by atoms with Crippen LogP contribution in [0.3, 0.4) is 0 Å². The number of nitro benzene ring substituents is 1. The number of imide groups is 1. The van der Waals surface area contributed by atoms with Crippen molar-refractivity contribution in [1.82, 2.24) is 10.6 Å². The van der Waals surface area contributed by atoms with Crippen LogP contribution in [0.1, 0.15) is 11.3 Å². The van der Waals surface area contributed by atoms with Crippen LogP contribution >= 0.6 is 0 Å². The molecule has 0 atom stereocenters. The topological polar surface area (TPSA) is 114 Å². The van der Waals surface area contributed by atoms with Crippen molar-refractivity contribution < 1.29 is 18.9 Å². The summed E-state index contributed by atoms with van der Waals surface area (Å²) in [6.07, 6.45) is 1.41. The van der Waals surface area contributed by atoms with E-state index in [0.29, 0.717) is 22.6 Å². The number of benzene rings is 1. The second-order valence-corrected chi connectivity index (χ2v) is 4.92. The van der Waals surface area contributed by atoms with Gasteiger partial charge in [0, 0.05) is 23.8 Å². The average molecular weight is 313 g/mol. The molecule has 8 heteroatoms. The van der Waals surface area contributed by atoms with Crippen molar-refractivity contribution in [3.63, 3.8) is 0 Å². The minimum absolute atomic E-state index is 0.00508. The summed E-state index contributed by atoms with van der Waals surface area (Å²) < 4.78 is 5.62. The largest absolute Gasteiger partial charge is 0.457 e. The van der Waals surface area contributed by atoms with Gasteiger partial charge in [0.25, 0.3) is 11.6 Å². The van der Waals surface area contributed by atoms with Crippen molar-refractivity contribution in [2.75, 3.05) is 0 Å². The van der Waals surface area contributed by atoms with E-state index in [2.05, 4.69) is 10.6 Å². The minimum atomic E-state index is -0.584. The zero-order chi connectivity index (χ0) is 16.6. The fraction of sp³-hybridized carbons (Fsp3) is 0.0667. The third kappa shape index (κ3) is 2.82. The molecule has 2 heterocycles. The highest BCUT2D eigenvalue weighted by Gasteiger charge is 2.23. The highest BCUT2D eigenvalue weighted by molar-refractivity contribution is 6.13. The Morgan fingerprint density at radius 2 is 1.96 bits per heavy atom. The lowest BCUT2D eigenvalue weighted by Gasteiger charge is -2.02. The smallest absolute Gasteiger partial charge is 0.326 e. The van der Waals surface area contributed by atoms with Crippen LogP contribution in [0.4, 0.5) is 10.5 Å². The summed E-state index contributed by atoms with van der Waals surface area (Å²) in [4.78, 5) is 32.8. The summed E-state index contributed by atoms with van der Waals surface area (Å²) in [7, 11) is 0. The average Bonchev–Trinajstić information content (AvgIpc) is 3.06. The molecule has 1 aromatic carbocycles. The maximum absolute atomic E-state index is 11.5. The first-order valence-corrected chi connectivity index (χ1v) is 6.63. The van der Waals surface area contributed by atoms with Crippen molar-refractivity contribution in [2.45, 2.75) is 6.92 Å². The van der Waals surface area contributed by atoms with Gasteiger partial charge in [-0.05, 0) is 30.7 Å². The molecular formula is C15H11N3O5. The van der Waals surface area contributed by atoms with Crippen molar-refractivity contribution in [1.29, 1.82) is 0 Å². The van der Waals surface area contributed by atoms with E-state index in [-0.39, 0.29) is 11.4 Å². The maximum Gasteiger partial charge on any atom is 0.326 e. The van der Waals surface area contributed by atoms with E-state index >= 15 is 0 Å². The number of carbonyl (C=O) groups is 2. The predicted octanol–water partition coefficient (Wildman–Crippen LogP) is 2.34. The molecule has 0 unspecified atom stereocenters. The number of non-ortho nitro benzene ring substituents is 1. The molecule has 0 radical (unpaired) electrons. The van der Waals surface area contributed by atoms with Crippen molar-refractivity contribution in [3.8, 4) is 11.3 Å². The van der Waals surface area contributed by atoms with Gasteiger partial charge in [-0.15, -0.1) is 0 Å². The molecule has 1 aromatic heterocycles. The van der Waals surface area contributed by atoms with Crippen LogP contribution in [0.25, 0.3) is 17.4 Å². The lowest BCUT2D eigenvalue weighted by molar-refractivity contribution is -0.384. The van der Waals surface area contributed by atoms with E-state index in [9.17, 15) is 19.7 Å². The molecule has 0 bridgehead atoms. The van der Waals surface area contributed by atoms with Gasteiger partial charge < -0.3 is 9.73 Å². The summed E-state index contributed by atoms with van der Waals surface area (Å²) in [5.74, 6) is 0.360. The van der Waals surface area contributed by atoms with Crippen molar-refractivity contribution in [3.05, 3.63) is 57.5 Å². The summed E-state index contributed by atoms with van der Waals surface area (Å²) in [5.41, 5.74) is 1.50. The number of amides is 3. The molecule has 1 saturated heterocycles. The third-order valence-electron chi connectivity index (χ3n) is 3.32. The quantitative estimate of drug-likeness (QED) is 0.390. The van der Waals surface area contributed by atoms with Gasteiger partial charge in [-0.2, -0.15) is 0 Å². The number of rotatable bonds is 3. The van der Waals surface area contributed by atoms with Gasteiger partial charge in [-0.25, -0.2) is 4.79 Å². The molecule has 1 aliphatic heterocycles. The van der Waals surface area contributed by atoms with Crippen LogP contribution in [0.15, 0.2) is 40.4 Å². The highest BCUT2D eigenvalue weighted by Crippen LogP contribution is 2.29. The van der Waals surface area contributed by atoms with Crippen LogP contribution in [-0.4, -0.2) is 16.9 Å². The van der Waals surface area contributed by atoms with Gasteiger partial charge in [0.1, 0.15) is 17.2 Å². The first kappa shape index (κ1) is 14.5. The first-order chi connectivity index (χ1) is 10.9. The van der Waals surface area contributed by atoms with E-state index in [1.54, 1.807) is 25.1 Å². The van der Waals surface area contributed by atoms with Gasteiger partial charge >= 0.3 is 6.03 Å². The number of aryl methyl sites for hydroxylation is 1. The summed E-state index contributed by atoms with van der Waals surface area (Å²) in [5, 5.41) is 15.2. The van der Waals surface area contributed by atoms with E-state index < -0.39 is 16.9 Å². The maximum atomic E-state index is 11.5. The van der Waals surface area contributed by atoms with Gasteiger partial charge in [0.15, 0.2) is 0 Å². The van der Waals surface area contributed by atoms with Gasteiger partial charge in [0.2, 0.25) is 0 Å². The first-order valence-electron chi connectivity index (χ1n) is 6.63. The number of furan rings is 1. The Balaban J connectivity index is 1.91. The molecule has 2 aromatic rings. The zero-order valence-corrected chi connectivity index (χ0v) is 12.0. The molecule has 3 rings (SSSR count). The molecule has 2 N–H and O–H groups in total. The number of urea groups is 1. The molecule has 3 amide bonds. The number of nitro groups is 1. The zero-order valence-electron chi connectivity index (χ0n) is 12.0. The second-order valence-electron chi connectivity index (χ2n) is 4.92. The molecule has 1 aliphatic rings. The van der Waals surface area contributed by atoms with Gasteiger partial charge in [-0.1, -0.05) is 0 Å². The molecule has 0 saturated carbocycles.